The average molecular weight is 450 g/mol. The molecule has 2 aromatic heterocycles. The quantitative estimate of drug-likeness (QED) is 0.539. The number of nitrogens with zero attached hydrogens (tertiary/aromatic N) is 5. The molecule has 4 heterocycles. The highest BCUT2D eigenvalue weighted by molar-refractivity contribution is 5.88. The summed E-state index contributed by atoms with van der Waals surface area (Å²) in [6, 6.07) is 10.3. The first kappa shape index (κ1) is 21.9. The lowest BCUT2D eigenvalue weighted by Gasteiger charge is -2.29. The predicted molar refractivity (Wildman–Crippen MR) is 127 cm³/mol. The topological polar surface area (TPSA) is 72.8 Å². The monoisotopic (exact) mass is 449 g/mol. The van der Waals surface area contributed by atoms with E-state index >= 15 is 0 Å². The minimum absolute atomic E-state index is 0.376. The Bertz CT molecular complexity index is 1060. The third kappa shape index (κ3) is 5.51. The molecule has 0 atom stereocenters. The first-order chi connectivity index (χ1) is 16.2. The zero-order valence-electron chi connectivity index (χ0n) is 19.2. The largest absolute Gasteiger partial charge is 0.462 e. The zero-order valence-corrected chi connectivity index (χ0v) is 19.2. The van der Waals surface area contributed by atoms with Crippen molar-refractivity contribution >= 4 is 16.9 Å². The second kappa shape index (κ2) is 10.3. The summed E-state index contributed by atoms with van der Waals surface area (Å²) >= 11 is 0. The van der Waals surface area contributed by atoms with Crippen LogP contribution in [0.25, 0.3) is 11.0 Å². The molecular weight excluding hydrogens is 418 g/mol. The Morgan fingerprint density at radius 2 is 1.73 bits per heavy atom. The van der Waals surface area contributed by atoms with Gasteiger partial charge in [-0.15, -0.1) is 0 Å². The fourth-order valence-electron chi connectivity index (χ4n) is 4.29. The molecule has 8 nitrogen and oxygen atoms in total. The van der Waals surface area contributed by atoms with E-state index in [0.29, 0.717) is 37.2 Å². The van der Waals surface area contributed by atoms with Crippen LogP contribution in [0.5, 0.6) is 17.5 Å². The lowest BCUT2D eigenvalue weighted by Crippen LogP contribution is -2.37. The van der Waals surface area contributed by atoms with E-state index in [-0.39, 0.29) is 0 Å². The van der Waals surface area contributed by atoms with Crippen LogP contribution in [0.1, 0.15) is 24.8 Å². The van der Waals surface area contributed by atoms with Crippen molar-refractivity contribution in [2.24, 2.45) is 0 Å². The fraction of sp³-hybridized carbons (Fsp3) is 0.480. The van der Waals surface area contributed by atoms with Gasteiger partial charge in [-0.1, -0.05) is 24.1 Å². The Hall–Kier alpha value is -2.97. The highest BCUT2D eigenvalue weighted by atomic mass is 16.5. The van der Waals surface area contributed by atoms with E-state index in [0.717, 1.165) is 49.7 Å². The number of morpholine rings is 1. The van der Waals surface area contributed by atoms with E-state index in [4.69, 9.17) is 19.2 Å². The van der Waals surface area contributed by atoms with Crippen molar-refractivity contribution in [3.8, 4) is 17.5 Å². The van der Waals surface area contributed by atoms with Crippen LogP contribution in [-0.2, 0) is 4.74 Å². The number of fused-ring (bicyclic) bond motifs is 1. The van der Waals surface area contributed by atoms with E-state index in [1.807, 2.05) is 30.3 Å². The minimum Gasteiger partial charge on any atom is -0.462 e. The number of hydrogen-bond acceptors (Lipinski definition) is 8. The van der Waals surface area contributed by atoms with Crippen LogP contribution in [0.2, 0.25) is 0 Å². The normalized spacial score (nSPS) is 17.3. The highest BCUT2D eigenvalue weighted by Crippen LogP contribution is 2.30. The third-order valence-corrected chi connectivity index (χ3v) is 6.14. The van der Waals surface area contributed by atoms with Gasteiger partial charge in [-0.25, -0.2) is 4.98 Å². The Morgan fingerprint density at radius 1 is 0.939 bits per heavy atom. The maximum Gasteiger partial charge on any atom is 0.320 e. The molecule has 0 N–H and O–H groups in total. The van der Waals surface area contributed by atoms with Crippen molar-refractivity contribution in [1.29, 1.82) is 0 Å². The number of rotatable bonds is 7. The van der Waals surface area contributed by atoms with Crippen LogP contribution in [-0.4, -0.2) is 72.4 Å². The van der Waals surface area contributed by atoms with Crippen molar-refractivity contribution in [1.82, 2.24) is 19.9 Å². The van der Waals surface area contributed by atoms with Crippen molar-refractivity contribution < 1.29 is 14.2 Å². The standard InChI is InChI=1S/C25H31N5O3/c1-19-5-7-20(8-6-19)33-21-17-22-23(26-18-21)27-25(28-24(22)30-12-14-31-15-13-30)32-16-11-29-9-3-2-4-10-29/h5-8,17-18H,2-4,9-16H2,1H3. The van der Waals surface area contributed by atoms with E-state index in [9.17, 15) is 0 Å². The number of pyridine rings is 1. The summed E-state index contributed by atoms with van der Waals surface area (Å²) in [5.74, 6) is 2.25. The summed E-state index contributed by atoms with van der Waals surface area (Å²) in [6.45, 7) is 8.68. The molecule has 0 unspecified atom stereocenters. The average Bonchev–Trinajstić information content (AvgIpc) is 2.86. The minimum atomic E-state index is 0.376. The van der Waals surface area contributed by atoms with Gasteiger partial charge in [0, 0.05) is 19.6 Å². The molecule has 2 saturated heterocycles. The first-order valence-corrected chi connectivity index (χ1v) is 11.8. The summed E-state index contributed by atoms with van der Waals surface area (Å²) in [5, 5.41) is 0.852. The van der Waals surface area contributed by atoms with Gasteiger partial charge in [-0.3, -0.25) is 4.90 Å². The number of benzene rings is 1. The molecule has 8 heteroatoms. The summed E-state index contributed by atoms with van der Waals surface area (Å²) in [4.78, 5) is 18.6. The molecule has 0 amide bonds. The lowest BCUT2D eigenvalue weighted by atomic mass is 10.1. The van der Waals surface area contributed by atoms with Gasteiger partial charge < -0.3 is 19.1 Å². The molecule has 0 bridgehead atoms. The summed E-state index contributed by atoms with van der Waals surface area (Å²) in [6.07, 6.45) is 5.57. The summed E-state index contributed by atoms with van der Waals surface area (Å²) in [7, 11) is 0. The van der Waals surface area contributed by atoms with Crippen molar-refractivity contribution in [2.75, 3.05) is 57.4 Å². The van der Waals surface area contributed by atoms with Crippen LogP contribution in [0, 0.1) is 6.92 Å². The molecule has 174 valence electrons. The van der Waals surface area contributed by atoms with Crippen molar-refractivity contribution in [2.45, 2.75) is 26.2 Å². The number of hydrogen-bond donors (Lipinski definition) is 0. The Morgan fingerprint density at radius 3 is 2.52 bits per heavy atom. The molecule has 0 saturated carbocycles. The van der Waals surface area contributed by atoms with Gasteiger partial charge in [0.25, 0.3) is 0 Å². The predicted octanol–water partition coefficient (Wildman–Crippen LogP) is 3.83. The third-order valence-electron chi connectivity index (χ3n) is 6.14. The van der Waals surface area contributed by atoms with Crippen LogP contribution in [0.15, 0.2) is 36.5 Å². The zero-order chi connectivity index (χ0) is 22.5. The van der Waals surface area contributed by atoms with Crippen LogP contribution >= 0.6 is 0 Å². The Balaban J connectivity index is 1.39. The maximum atomic E-state index is 6.05. The van der Waals surface area contributed by atoms with E-state index < -0.39 is 0 Å². The molecule has 3 aromatic rings. The molecule has 33 heavy (non-hydrogen) atoms. The second-order valence-corrected chi connectivity index (χ2v) is 8.64. The fourth-order valence-corrected chi connectivity index (χ4v) is 4.29. The number of ether oxygens (including phenoxy) is 3. The Kier molecular flexibility index (Phi) is 6.83. The van der Waals surface area contributed by atoms with Gasteiger partial charge in [0.2, 0.25) is 0 Å². The van der Waals surface area contributed by atoms with Gasteiger partial charge in [0.15, 0.2) is 5.65 Å². The number of anilines is 1. The van der Waals surface area contributed by atoms with Gasteiger partial charge in [-0.2, -0.15) is 9.97 Å². The smallest absolute Gasteiger partial charge is 0.320 e. The van der Waals surface area contributed by atoms with Gasteiger partial charge in [0.05, 0.1) is 24.8 Å². The Labute approximate surface area is 194 Å². The van der Waals surface area contributed by atoms with Gasteiger partial charge >= 0.3 is 6.01 Å². The molecule has 1 aromatic carbocycles. The summed E-state index contributed by atoms with van der Waals surface area (Å²) in [5.41, 5.74) is 1.80. The molecule has 0 aliphatic carbocycles. The van der Waals surface area contributed by atoms with Crippen LogP contribution in [0.3, 0.4) is 0 Å². The molecular formula is C25H31N5O3. The van der Waals surface area contributed by atoms with Crippen molar-refractivity contribution in [3.63, 3.8) is 0 Å². The molecule has 0 spiro atoms. The summed E-state index contributed by atoms with van der Waals surface area (Å²) < 4.78 is 17.6. The number of aromatic nitrogens is 3. The SMILES string of the molecule is Cc1ccc(Oc2cnc3nc(OCCN4CCCCC4)nc(N4CCOCC4)c3c2)cc1. The number of piperidine rings is 1. The number of aryl methyl sites for hydroxylation is 1. The van der Waals surface area contributed by atoms with E-state index in [2.05, 4.69) is 26.7 Å². The van der Waals surface area contributed by atoms with E-state index in [1.165, 1.54) is 24.8 Å². The molecule has 0 radical (unpaired) electrons. The van der Waals surface area contributed by atoms with Gasteiger partial charge in [0.1, 0.15) is 23.9 Å². The highest BCUT2D eigenvalue weighted by Gasteiger charge is 2.20. The molecule has 5 rings (SSSR count). The lowest BCUT2D eigenvalue weighted by molar-refractivity contribution is 0.122. The molecule has 2 aliphatic rings. The number of likely N-dealkylation sites (tertiary alicyclic amines) is 1. The van der Waals surface area contributed by atoms with E-state index in [1.54, 1.807) is 6.20 Å². The van der Waals surface area contributed by atoms with Crippen LogP contribution < -0.4 is 14.4 Å². The second-order valence-electron chi connectivity index (χ2n) is 8.64. The maximum absolute atomic E-state index is 6.05. The molecule has 2 fully saturated rings. The van der Waals surface area contributed by atoms with Crippen LogP contribution in [0.4, 0.5) is 5.82 Å². The molecule has 2 aliphatic heterocycles. The van der Waals surface area contributed by atoms with Crippen molar-refractivity contribution in [3.05, 3.63) is 42.1 Å². The first-order valence-electron chi connectivity index (χ1n) is 11.8. The van der Waals surface area contributed by atoms with Gasteiger partial charge in [-0.05, 0) is 51.1 Å².